The van der Waals surface area contributed by atoms with Crippen LogP contribution in [0.4, 0.5) is 0 Å². The Morgan fingerprint density at radius 2 is 1.89 bits per heavy atom. The van der Waals surface area contributed by atoms with E-state index in [4.69, 9.17) is 32.2 Å². The molecule has 4 nitrogen and oxygen atoms in total. The Hall–Kier alpha value is 2.13. The first-order chi connectivity index (χ1) is 7.93. The van der Waals surface area contributed by atoms with Crippen LogP contribution >= 0.6 is 78.8 Å². The van der Waals surface area contributed by atoms with Crippen molar-refractivity contribution in [1.29, 1.82) is 0 Å². The van der Waals surface area contributed by atoms with Crippen LogP contribution in [0.15, 0.2) is 0 Å². The predicted molar refractivity (Wildman–Crippen MR) is 85.1 cm³/mol. The van der Waals surface area contributed by atoms with Gasteiger partial charge in [0.05, 0.1) is 6.61 Å². The van der Waals surface area contributed by atoms with Crippen LogP contribution in [0, 0.1) is 5.41 Å². The third-order valence-corrected chi connectivity index (χ3v) is 7.77. The van der Waals surface area contributed by atoms with Gasteiger partial charge >= 0.3 is 7.82 Å². The second-order valence-corrected chi connectivity index (χ2v) is 10.6. The number of rotatable bonds is 8. The first-order valence-electron chi connectivity index (χ1n) is 4.83. The van der Waals surface area contributed by atoms with E-state index in [-0.39, 0.29) is 13.0 Å². The summed E-state index contributed by atoms with van der Waals surface area (Å²) in [4.78, 5) is 8.92. The van der Waals surface area contributed by atoms with Crippen molar-refractivity contribution in [3.05, 3.63) is 0 Å². The molecule has 0 radical (unpaired) electrons. The first kappa shape index (κ1) is 20.1. The summed E-state index contributed by atoms with van der Waals surface area (Å²) in [5, 5.41) is 0.530. The zero-order chi connectivity index (χ0) is 14.6. The first-order valence-corrected chi connectivity index (χ1v) is 9.91. The third-order valence-electron chi connectivity index (χ3n) is 1.94. The van der Waals surface area contributed by atoms with Crippen LogP contribution in [0.3, 0.4) is 0 Å². The Balaban J connectivity index is 4.52. The van der Waals surface area contributed by atoms with Crippen molar-refractivity contribution in [2.75, 3.05) is 11.9 Å². The van der Waals surface area contributed by atoms with Gasteiger partial charge in [-0.1, -0.05) is 29.8 Å². The molecule has 0 saturated heterocycles. The lowest BCUT2D eigenvalue weighted by Crippen LogP contribution is -2.36. The Kier molecular flexibility index (Phi) is 8.89. The molecule has 0 aromatic rings. The van der Waals surface area contributed by atoms with Crippen LogP contribution in [0.25, 0.3) is 0 Å². The molecule has 110 valence electrons. The third kappa shape index (κ3) is 7.23. The maximum absolute atomic E-state index is 11.7. The van der Waals surface area contributed by atoms with Gasteiger partial charge in [0.1, 0.15) is 4.84 Å². The van der Waals surface area contributed by atoms with Crippen molar-refractivity contribution in [2.45, 2.75) is 28.5 Å². The normalized spacial score (nSPS) is 16.9. The molecular formula is C8H14Br3Cl2O4P. The van der Waals surface area contributed by atoms with Crippen LogP contribution < -0.4 is 0 Å². The van der Waals surface area contributed by atoms with Gasteiger partial charge in [0.25, 0.3) is 0 Å². The monoisotopic (exact) mass is 512 g/mol. The summed E-state index contributed by atoms with van der Waals surface area (Å²) in [5.41, 5.74) is -0.504. The van der Waals surface area contributed by atoms with Crippen LogP contribution in [-0.4, -0.2) is 25.1 Å². The summed E-state index contributed by atoms with van der Waals surface area (Å²) in [7, 11) is -4.21. The van der Waals surface area contributed by atoms with E-state index in [0.29, 0.717) is 5.33 Å². The number of alkyl halides is 5. The van der Waals surface area contributed by atoms with Gasteiger partial charge in [-0.3, -0.25) is 9.05 Å². The van der Waals surface area contributed by atoms with E-state index < -0.39 is 21.5 Å². The van der Waals surface area contributed by atoms with Crippen molar-refractivity contribution in [1.82, 2.24) is 0 Å². The summed E-state index contributed by atoms with van der Waals surface area (Å²) in [6.45, 7) is 3.59. The van der Waals surface area contributed by atoms with E-state index in [9.17, 15) is 9.46 Å². The van der Waals surface area contributed by atoms with Crippen molar-refractivity contribution in [3.63, 3.8) is 0 Å². The highest BCUT2D eigenvalue weighted by Crippen LogP contribution is 2.57. The van der Waals surface area contributed by atoms with Gasteiger partial charge in [0.15, 0.2) is 3.42 Å². The van der Waals surface area contributed by atoms with E-state index >= 15 is 0 Å². The molecule has 0 bridgehead atoms. The average molecular weight is 516 g/mol. The molecule has 0 spiro atoms. The van der Waals surface area contributed by atoms with Gasteiger partial charge in [-0.25, -0.2) is 4.57 Å². The second kappa shape index (κ2) is 7.95. The lowest BCUT2D eigenvalue weighted by atomic mass is 9.98. The van der Waals surface area contributed by atoms with Gasteiger partial charge in [-0.05, 0) is 31.9 Å². The fourth-order valence-corrected chi connectivity index (χ4v) is 4.26. The summed E-state index contributed by atoms with van der Waals surface area (Å²) in [6, 6.07) is 0. The van der Waals surface area contributed by atoms with E-state index in [1.54, 1.807) is 0 Å². The SMILES string of the molecule is CC(C)(CBr)C(Br)(Br)OP(=O)(O)OCCC(Cl)Cl. The molecule has 0 saturated carbocycles. The molecule has 0 aliphatic rings. The zero-order valence-corrected chi connectivity index (χ0v) is 16.9. The highest BCUT2D eigenvalue weighted by molar-refractivity contribution is 9.25. The predicted octanol–water partition coefficient (Wildman–Crippen LogP) is 5.18. The minimum atomic E-state index is -4.21. The van der Waals surface area contributed by atoms with Crippen LogP contribution in [0.1, 0.15) is 20.3 Å². The van der Waals surface area contributed by atoms with E-state index in [1.165, 1.54) is 0 Å². The molecule has 0 aliphatic carbocycles. The van der Waals surface area contributed by atoms with Crippen molar-refractivity contribution >= 4 is 78.8 Å². The Labute approximate surface area is 142 Å². The standard InChI is InChI=1S/C8H14Br3Cl2O4P/c1-7(2,5-9)8(10,11)17-18(14,15)16-4-3-6(12)13/h6H,3-5H2,1-2H3,(H,14,15). The fraction of sp³-hybridized carbons (Fsp3) is 1.00. The highest BCUT2D eigenvalue weighted by atomic mass is 79.9. The highest BCUT2D eigenvalue weighted by Gasteiger charge is 2.46. The van der Waals surface area contributed by atoms with E-state index in [2.05, 4.69) is 47.8 Å². The molecule has 1 N–H and O–H groups in total. The minimum Gasteiger partial charge on any atom is -0.302 e. The van der Waals surface area contributed by atoms with Crippen molar-refractivity contribution in [2.24, 2.45) is 5.41 Å². The quantitative estimate of drug-likeness (QED) is 0.358. The number of halogens is 5. The molecular weight excluding hydrogens is 502 g/mol. The topological polar surface area (TPSA) is 55.8 Å². The fourth-order valence-electron chi connectivity index (χ4n) is 0.630. The summed E-state index contributed by atoms with van der Waals surface area (Å²) < 4.78 is 20.3. The number of hydrogen-bond donors (Lipinski definition) is 1. The van der Waals surface area contributed by atoms with Gasteiger partial charge in [-0.15, -0.1) is 23.2 Å². The van der Waals surface area contributed by atoms with Gasteiger partial charge in [0, 0.05) is 17.2 Å². The average Bonchev–Trinajstić information content (AvgIpc) is 2.14. The maximum Gasteiger partial charge on any atom is 0.474 e. The second-order valence-electron chi connectivity index (χ2n) is 4.11. The molecule has 1 atom stereocenters. The molecule has 0 rings (SSSR count). The summed E-state index contributed by atoms with van der Waals surface area (Å²) in [6.07, 6.45) is 0.233. The zero-order valence-electron chi connectivity index (χ0n) is 9.71. The van der Waals surface area contributed by atoms with E-state index in [0.717, 1.165) is 0 Å². The molecule has 1 unspecified atom stereocenters. The number of phosphoric ester groups is 1. The number of phosphoric acid groups is 1. The Morgan fingerprint density at radius 1 is 1.39 bits per heavy atom. The van der Waals surface area contributed by atoms with Crippen LogP contribution in [0.5, 0.6) is 0 Å². The molecule has 0 fully saturated rings. The van der Waals surface area contributed by atoms with Gasteiger partial charge < -0.3 is 4.89 Å². The Morgan fingerprint density at radius 3 is 2.28 bits per heavy atom. The minimum absolute atomic E-state index is 0.0731. The number of hydrogen-bond acceptors (Lipinski definition) is 3. The molecule has 0 heterocycles. The molecule has 0 aliphatic heterocycles. The smallest absolute Gasteiger partial charge is 0.302 e. The molecule has 0 aromatic heterocycles. The van der Waals surface area contributed by atoms with Gasteiger partial charge in [-0.2, -0.15) is 0 Å². The van der Waals surface area contributed by atoms with Crippen LogP contribution in [0.2, 0.25) is 0 Å². The molecule has 0 amide bonds. The summed E-state index contributed by atoms with van der Waals surface area (Å²) in [5.74, 6) is 0. The molecule has 10 heteroatoms. The lowest BCUT2D eigenvalue weighted by molar-refractivity contribution is 0.0831. The molecule has 18 heavy (non-hydrogen) atoms. The van der Waals surface area contributed by atoms with E-state index in [1.807, 2.05) is 13.8 Å². The lowest BCUT2D eigenvalue weighted by Gasteiger charge is -2.36. The summed E-state index contributed by atoms with van der Waals surface area (Å²) >= 11 is 20.7. The maximum atomic E-state index is 11.7. The van der Waals surface area contributed by atoms with Crippen molar-refractivity contribution < 1.29 is 18.5 Å². The largest absolute Gasteiger partial charge is 0.474 e. The van der Waals surface area contributed by atoms with Crippen LogP contribution in [-0.2, 0) is 13.6 Å². The van der Waals surface area contributed by atoms with Gasteiger partial charge in [0.2, 0.25) is 0 Å². The Bertz CT molecular complexity index is 315. The molecule has 0 aromatic carbocycles. The van der Waals surface area contributed by atoms with Crippen molar-refractivity contribution in [3.8, 4) is 0 Å².